The summed E-state index contributed by atoms with van der Waals surface area (Å²) >= 11 is 0. The summed E-state index contributed by atoms with van der Waals surface area (Å²) in [6.45, 7) is 0. The van der Waals surface area contributed by atoms with E-state index in [0.717, 1.165) is 24.1 Å². The number of carbonyl (C=O) groups is 1. The Hall–Kier alpha value is -2.24. The zero-order valence-corrected chi connectivity index (χ0v) is 11.3. The molecule has 0 N–H and O–H groups in total. The van der Waals surface area contributed by atoms with Crippen LogP contribution in [0.15, 0.2) is 24.5 Å². The summed E-state index contributed by atoms with van der Waals surface area (Å²) in [4.78, 5) is 15.9. The monoisotopic (exact) mass is 272 g/mol. The van der Waals surface area contributed by atoms with Crippen molar-refractivity contribution in [2.24, 2.45) is 0 Å². The fraction of sp³-hybridized carbons (Fsp3) is 0.429. The molecule has 1 fully saturated rings. The molecule has 1 aliphatic rings. The predicted molar refractivity (Wildman–Crippen MR) is 72.1 cm³/mol. The van der Waals surface area contributed by atoms with Gasteiger partial charge in [0.05, 0.1) is 13.2 Å². The number of methoxy groups -OCH3 is 1. The minimum Gasteiger partial charge on any atom is -0.464 e. The second-order valence-corrected chi connectivity index (χ2v) is 4.90. The Morgan fingerprint density at radius 1 is 1.30 bits per heavy atom. The van der Waals surface area contributed by atoms with E-state index in [1.54, 1.807) is 12.4 Å². The molecule has 1 saturated carbocycles. The topological polar surface area (TPSA) is 69.9 Å². The van der Waals surface area contributed by atoms with Crippen LogP contribution in [-0.2, 0) is 4.74 Å². The molecular weight excluding hydrogens is 256 g/mol. The summed E-state index contributed by atoms with van der Waals surface area (Å²) in [5, 5.41) is 8.21. The number of hydrogen-bond donors (Lipinski definition) is 0. The lowest BCUT2D eigenvalue weighted by Gasteiger charge is -2.13. The van der Waals surface area contributed by atoms with Crippen molar-refractivity contribution in [2.75, 3.05) is 7.11 Å². The Balaban J connectivity index is 2.11. The lowest BCUT2D eigenvalue weighted by molar-refractivity contribution is 0.0595. The number of ether oxygens (including phenoxy) is 1. The fourth-order valence-corrected chi connectivity index (χ4v) is 2.71. The summed E-state index contributed by atoms with van der Waals surface area (Å²) in [7, 11) is 1.35. The molecule has 0 spiro atoms. The van der Waals surface area contributed by atoms with Crippen LogP contribution in [0.1, 0.15) is 42.2 Å². The molecule has 20 heavy (non-hydrogen) atoms. The van der Waals surface area contributed by atoms with Crippen LogP contribution in [0.5, 0.6) is 0 Å². The zero-order chi connectivity index (χ0) is 13.9. The van der Waals surface area contributed by atoms with E-state index >= 15 is 0 Å². The molecule has 0 radical (unpaired) electrons. The van der Waals surface area contributed by atoms with Crippen molar-refractivity contribution >= 4 is 5.97 Å². The lowest BCUT2D eigenvalue weighted by Crippen LogP contribution is -2.10. The Bertz CT molecular complexity index is 603. The van der Waals surface area contributed by atoms with E-state index in [-0.39, 0.29) is 5.69 Å². The predicted octanol–water partition coefficient (Wildman–Crippen LogP) is 2.24. The zero-order valence-electron chi connectivity index (χ0n) is 11.3. The largest absolute Gasteiger partial charge is 0.464 e. The molecule has 6 heteroatoms. The van der Waals surface area contributed by atoms with E-state index < -0.39 is 5.97 Å². The van der Waals surface area contributed by atoms with Gasteiger partial charge in [0.1, 0.15) is 5.69 Å². The number of esters is 1. The van der Waals surface area contributed by atoms with E-state index in [2.05, 4.69) is 15.3 Å². The smallest absolute Gasteiger partial charge is 0.360 e. The maximum atomic E-state index is 11.9. The van der Waals surface area contributed by atoms with E-state index in [4.69, 9.17) is 4.74 Å². The Labute approximate surface area is 116 Å². The first-order chi connectivity index (χ1) is 9.81. The van der Waals surface area contributed by atoms with Gasteiger partial charge in [-0.1, -0.05) is 18.1 Å². The van der Waals surface area contributed by atoms with Gasteiger partial charge in [-0.2, -0.15) is 0 Å². The summed E-state index contributed by atoms with van der Waals surface area (Å²) in [5.41, 5.74) is 1.88. The first kappa shape index (κ1) is 12.8. The number of aromatic nitrogens is 4. The molecule has 0 unspecified atom stereocenters. The van der Waals surface area contributed by atoms with Crippen molar-refractivity contribution in [3.63, 3.8) is 0 Å². The molecule has 0 saturated heterocycles. The molecule has 0 aliphatic heterocycles. The van der Waals surface area contributed by atoms with Gasteiger partial charge in [0, 0.05) is 18.0 Å². The first-order valence-corrected chi connectivity index (χ1v) is 6.75. The SMILES string of the molecule is COC(=O)c1nnn(C2CCCC2)c1-c1ccncc1. The van der Waals surface area contributed by atoms with Crippen LogP contribution in [0.2, 0.25) is 0 Å². The third-order valence-electron chi connectivity index (χ3n) is 3.70. The van der Waals surface area contributed by atoms with Gasteiger partial charge in [-0.15, -0.1) is 5.10 Å². The van der Waals surface area contributed by atoms with Gasteiger partial charge >= 0.3 is 5.97 Å². The highest BCUT2D eigenvalue weighted by atomic mass is 16.5. The molecule has 0 bridgehead atoms. The average Bonchev–Trinajstić information content (AvgIpc) is 3.15. The van der Waals surface area contributed by atoms with Crippen molar-refractivity contribution in [3.05, 3.63) is 30.2 Å². The van der Waals surface area contributed by atoms with Gasteiger partial charge in [0.2, 0.25) is 0 Å². The second kappa shape index (κ2) is 5.40. The van der Waals surface area contributed by atoms with Crippen LogP contribution in [0, 0.1) is 0 Å². The van der Waals surface area contributed by atoms with Crippen molar-refractivity contribution < 1.29 is 9.53 Å². The van der Waals surface area contributed by atoms with Crippen molar-refractivity contribution in [3.8, 4) is 11.3 Å². The minimum absolute atomic E-state index is 0.269. The molecule has 104 valence electrons. The molecular formula is C14H16N4O2. The van der Waals surface area contributed by atoms with E-state index in [1.807, 2.05) is 16.8 Å². The quantitative estimate of drug-likeness (QED) is 0.801. The standard InChI is InChI=1S/C14H16N4O2/c1-20-14(19)12-13(10-6-8-15-9-7-10)18(17-16-12)11-4-2-3-5-11/h6-9,11H,2-5H2,1H3. The van der Waals surface area contributed by atoms with Crippen LogP contribution in [0.3, 0.4) is 0 Å². The van der Waals surface area contributed by atoms with E-state index in [1.165, 1.54) is 20.0 Å². The van der Waals surface area contributed by atoms with Gasteiger partial charge in [0.15, 0.2) is 5.69 Å². The molecule has 2 aromatic heterocycles. The molecule has 2 heterocycles. The molecule has 3 rings (SSSR count). The highest BCUT2D eigenvalue weighted by Crippen LogP contribution is 2.33. The molecule has 6 nitrogen and oxygen atoms in total. The Morgan fingerprint density at radius 3 is 2.65 bits per heavy atom. The third kappa shape index (κ3) is 2.17. The van der Waals surface area contributed by atoms with Gasteiger partial charge in [-0.05, 0) is 25.0 Å². The van der Waals surface area contributed by atoms with Crippen LogP contribution in [0.4, 0.5) is 0 Å². The normalized spacial score (nSPS) is 15.4. The Morgan fingerprint density at radius 2 is 2.00 bits per heavy atom. The highest BCUT2D eigenvalue weighted by molar-refractivity contribution is 5.94. The molecule has 2 aromatic rings. The summed E-state index contributed by atoms with van der Waals surface area (Å²) in [6, 6.07) is 4.02. The number of hydrogen-bond acceptors (Lipinski definition) is 5. The van der Waals surface area contributed by atoms with Gasteiger partial charge < -0.3 is 4.74 Å². The van der Waals surface area contributed by atoms with E-state index in [0.29, 0.717) is 6.04 Å². The fourth-order valence-electron chi connectivity index (χ4n) is 2.71. The average molecular weight is 272 g/mol. The van der Waals surface area contributed by atoms with E-state index in [9.17, 15) is 4.79 Å². The van der Waals surface area contributed by atoms with Crippen molar-refractivity contribution in [1.82, 2.24) is 20.0 Å². The second-order valence-electron chi connectivity index (χ2n) is 4.90. The third-order valence-corrected chi connectivity index (χ3v) is 3.70. The highest BCUT2D eigenvalue weighted by Gasteiger charge is 2.27. The first-order valence-electron chi connectivity index (χ1n) is 6.75. The van der Waals surface area contributed by atoms with Crippen LogP contribution in [0.25, 0.3) is 11.3 Å². The van der Waals surface area contributed by atoms with Crippen LogP contribution in [-0.4, -0.2) is 33.1 Å². The number of pyridine rings is 1. The lowest BCUT2D eigenvalue weighted by atomic mass is 10.1. The molecule has 0 amide bonds. The molecule has 0 aromatic carbocycles. The summed E-state index contributed by atoms with van der Waals surface area (Å²) < 4.78 is 6.67. The minimum atomic E-state index is -0.457. The number of nitrogens with zero attached hydrogens (tertiary/aromatic N) is 4. The van der Waals surface area contributed by atoms with Crippen LogP contribution < -0.4 is 0 Å². The number of rotatable bonds is 3. The Kier molecular flexibility index (Phi) is 3.45. The molecule has 0 atom stereocenters. The maximum Gasteiger partial charge on any atom is 0.360 e. The van der Waals surface area contributed by atoms with Gasteiger partial charge in [0.25, 0.3) is 0 Å². The van der Waals surface area contributed by atoms with Crippen molar-refractivity contribution in [2.45, 2.75) is 31.7 Å². The van der Waals surface area contributed by atoms with Crippen LogP contribution >= 0.6 is 0 Å². The van der Waals surface area contributed by atoms with Gasteiger partial charge in [-0.3, -0.25) is 4.98 Å². The summed E-state index contributed by atoms with van der Waals surface area (Å²) in [6.07, 6.45) is 7.91. The van der Waals surface area contributed by atoms with Crippen molar-refractivity contribution in [1.29, 1.82) is 0 Å². The summed E-state index contributed by atoms with van der Waals surface area (Å²) in [5.74, 6) is -0.457. The number of carbonyl (C=O) groups excluding carboxylic acids is 1. The maximum absolute atomic E-state index is 11.9. The molecule has 1 aliphatic carbocycles. The van der Waals surface area contributed by atoms with Gasteiger partial charge in [-0.25, -0.2) is 9.48 Å².